The molecule has 2 aliphatic rings. The van der Waals surface area contributed by atoms with Crippen LogP contribution in [0.4, 0.5) is 5.82 Å². The quantitative estimate of drug-likeness (QED) is 0.596. The van der Waals surface area contributed by atoms with Crippen LogP contribution in [-0.4, -0.2) is 56.4 Å². The molecule has 7 heteroatoms. The van der Waals surface area contributed by atoms with Gasteiger partial charge in [-0.3, -0.25) is 4.99 Å². The second kappa shape index (κ2) is 9.13. The van der Waals surface area contributed by atoms with E-state index in [1.165, 1.54) is 11.1 Å². The van der Waals surface area contributed by atoms with Gasteiger partial charge in [-0.1, -0.05) is 18.2 Å². The predicted octanol–water partition coefficient (Wildman–Crippen LogP) is 1.98. The van der Waals surface area contributed by atoms with Crippen LogP contribution in [0.1, 0.15) is 18.1 Å². The van der Waals surface area contributed by atoms with Crippen LogP contribution in [0.25, 0.3) is 0 Å². The average molecular weight is 396 g/mol. The number of nitrogens with zero attached hydrogens (tertiary/aromatic N) is 3. The van der Waals surface area contributed by atoms with E-state index in [4.69, 9.17) is 9.47 Å². The minimum Gasteiger partial charge on any atom is -0.488 e. The van der Waals surface area contributed by atoms with E-state index in [-0.39, 0.29) is 12.2 Å². The number of aliphatic imine (C=N–C) groups is 1. The molecule has 3 heterocycles. The molecule has 0 radical (unpaired) electrons. The zero-order valence-corrected chi connectivity index (χ0v) is 17.1. The summed E-state index contributed by atoms with van der Waals surface area (Å²) in [5.74, 6) is 2.76. The van der Waals surface area contributed by atoms with E-state index in [9.17, 15) is 0 Å². The summed E-state index contributed by atoms with van der Waals surface area (Å²) < 4.78 is 11.6. The van der Waals surface area contributed by atoms with E-state index in [0.29, 0.717) is 13.1 Å². The number of pyridine rings is 1. The average Bonchev–Trinajstić information content (AvgIpc) is 3.17. The number of aromatic nitrogens is 1. The largest absolute Gasteiger partial charge is 0.488 e. The van der Waals surface area contributed by atoms with Gasteiger partial charge < -0.3 is 25.0 Å². The van der Waals surface area contributed by atoms with Crippen molar-refractivity contribution in [2.45, 2.75) is 32.1 Å². The highest BCUT2D eigenvalue weighted by Crippen LogP contribution is 2.27. The number of benzene rings is 1. The van der Waals surface area contributed by atoms with Crippen molar-refractivity contribution in [3.8, 4) is 5.75 Å². The number of rotatable bonds is 5. The summed E-state index contributed by atoms with van der Waals surface area (Å²) in [7, 11) is 1.78. The molecule has 1 aromatic carbocycles. The molecule has 2 N–H and O–H groups in total. The number of ether oxygens (including phenoxy) is 2. The van der Waals surface area contributed by atoms with Crippen LogP contribution in [0.5, 0.6) is 5.75 Å². The van der Waals surface area contributed by atoms with Crippen LogP contribution in [0.15, 0.2) is 47.6 Å². The van der Waals surface area contributed by atoms with Gasteiger partial charge in [0.2, 0.25) is 0 Å². The predicted molar refractivity (Wildman–Crippen MR) is 115 cm³/mol. The van der Waals surface area contributed by atoms with Crippen molar-refractivity contribution in [1.29, 1.82) is 0 Å². The van der Waals surface area contributed by atoms with Gasteiger partial charge in [0.15, 0.2) is 5.96 Å². The van der Waals surface area contributed by atoms with Crippen molar-refractivity contribution in [1.82, 2.24) is 15.6 Å². The van der Waals surface area contributed by atoms with E-state index in [1.807, 2.05) is 24.4 Å². The minimum absolute atomic E-state index is 0.127. The highest BCUT2D eigenvalue weighted by atomic mass is 16.5. The van der Waals surface area contributed by atoms with Crippen molar-refractivity contribution in [3.63, 3.8) is 0 Å². The Morgan fingerprint density at radius 3 is 3.00 bits per heavy atom. The smallest absolute Gasteiger partial charge is 0.191 e. The molecule has 0 spiro atoms. The first-order valence-corrected chi connectivity index (χ1v) is 10.2. The van der Waals surface area contributed by atoms with Crippen molar-refractivity contribution in [2.24, 2.45) is 4.99 Å². The maximum atomic E-state index is 5.99. The van der Waals surface area contributed by atoms with Gasteiger partial charge in [0.05, 0.1) is 19.3 Å². The maximum absolute atomic E-state index is 5.99. The molecule has 154 valence electrons. The van der Waals surface area contributed by atoms with Crippen molar-refractivity contribution in [2.75, 3.05) is 38.2 Å². The summed E-state index contributed by atoms with van der Waals surface area (Å²) in [6, 6.07) is 12.4. The highest BCUT2D eigenvalue weighted by molar-refractivity contribution is 5.79. The lowest BCUT2D eigenvalue weighted by molar-refractivity contribution is 0.0529. The molecule has 0 aliphatic carbocycles. The number of nitrogens with one attached hydrogen (secondary N) is 2. The molecule has 7 nitrogen and oxygen atoms in total. The summed E-state index contributed by atoms with van der Waals surface area (Å²) in [5, 5.41) is 6.75. The Hall–Kier alpha value is -2.80. The summed E-state index contributed by atoms with van der Waals surface area (Å²) in [6.45, 7) is 5.98. The Balaban J connectivity index is 1.27. The number of para-hydroxylation sites is 1. The molecule has 0 saturated carbocycles. The number of fused-ring (bicyclic) bond motifs is 1. The van der Waals surface area contributed by atoms with E-state index in [1.54, 1.807) is 7.05 Å². The van der Waals surface area contributed by atoms with Gasteiger partial charge >= 0.3 is 0 Å². The van der Waals surface area contributed by atoms with Gasteiger partial charge in [-0.25, -0.2) is 4.98 Å². The first kappa shape index (κ1) is 19.5. The number of guanidine groups is 1. The molecule has 1 saturated heterocycles. The molecule has 1 fully saturated rings. The lowest BCUT2D eigenvalue weighted by Gasteiger charge is -2.32. The zero-order chi connectivity index (χ0) is 20.1. The first-order valence-electron chi connectivity index (χ1n) is 10.2. The van der Waals surface area contributed by atoms with E-state index in [2.05, 4.69) is 50.6 Å². The molecule has 2 atom stereocenters. The van der Waals surface area contributed by atoms with E-state index in [0.717, 1.165) is 43.6 Å². The fourth-order valence-corrected chi connectivity index (χ4v) is 3.75. The van der Waals surface area contributed by atoms with Gasteiger partial charge in [0, 0.05) is 39.3 Å². The molecular formula is C22H29N5O2. The van der Waals surface area contributed by atoms with Gasteiger partial charge in [0.1, 0.15) is 17.7 Å². The van der Waals surface area contributed by atoms with E-state index >= 15 is 0 Å². The fourth-order valence-electron chi connectivity index (χ4n) is 3.75. The second-order valence-corrected chi connectivity index (χ2v) is 7.51. The molecule has 1 aromatic heterocycles. The molecule has 2 aromatic rings. The normalized spacial score (nSPS) is 21.4. The monoisotopic (exact) mass is 395 g/mol. The van der Waals surface area contributed by atoms with Gasteiger partial charge in [-0.2, -0.15) is 0 Å². The van der Waals surface area contributed by atoms with Gasteiger partial charge in [0.25, 0.3) is 0 Å². The van der Waals surface area contributed by atoms with Crippen molar-refractivity contribution < 1.29 is 9.47 Å². The lowest BCUT2D eigenvalue weighted by Crippen LogP contribution is -2.42. The third kappa shape index (κ3) is 4.98. The van der Waals surface area contributed by atoms with Crippen LogP contribution in [-0.2, 0) is 17.7 Å². The Bertz CT molecular complexity index is 832. The number of hydrogen-bond acceptors (Lipinski definition) is 5. The second-order valence-electron chi connectivity index (χ2n) is 7.51. The third-order valence-electron chi connectivity index (χ3n) is 5.27. The SMILES string of the molecule is CN=C(NCc1ccnc(N2CCOC(C)C2)c1)NCC1Cc2ccccc2O1. The number of anilines is 1. The molecule has 29 heavy (non-hydrogen) atoms. The van der Waals surface area contributed by atoms with Crippen LogP contribution >= 0.6 is 0 Å². The summed E-state index contributed by atoms with van der Waals surface area (Å²) in [5.41, 5.74) is 2.44. The number of morpholine rings is 1. The summed E-state index contributed by atoms with van der Waals surface area (Å²) in [4.78, 5) is 11.1. The molecule has 4 rings (SSSR count). The maximum Gasteiger partial charge on any atom is 0.191 e. The minimum atomic E-state index is 0.127. The molecule has 2 unspecified atom stereocenters. The Kier molecular flexibility index (Phi) is 6.14. The highest BCUT2D eigenvalue weighted by Gasteiger charge is 2.22. The summed E-state index contributed by atoms with van der Waals surface area (Å²) >= 11 is 0. The van der Waals surface area contributed by atoms with Crippen molar-refractivity contribution >= 4 is 11.8 Å². The molecule has 0 amide bonds. The standard InChI is InChI=1S/C22H29N5O2/c1-16-15-27(9-10-28-16)21-11-17(7-8-24-21)13-25-22(23-2)26-14-19-12-18-5-3-4-6-20(18)29-19/h3-8,11,16,19H,9-10,12-15H2,1-2H3,(H2,23,25,26). The molecule has 0 bridgehead atoms. The number of hydrogen-bond donors (Lipinski definition) is 2. The topological polar surface area (TPSA) is 71.0 Å². The van der Waals surface area contributed by atoms with E-state index < -0.39 is 0 Å². The van der Waals surface area contributed by atoms with Gasteiger partial charge in [-0.15, -0.1) is 0 Å². The van der Waals surface area contributed by atoms with Crippen LogP contribution in [0.2, 0.25) is 0 Å². The first-order chi connectivity index (χ1) is 14.2. The van der Waals surface area contributed by atoms with Crippen LogP contribution in [0, 0.1) is 0 Å². The summed E-state index contributed by atoms with van der Waals surface area (Å²) in [6.07, 6.45) is 3.15. The molecular weight excluding hydrogens is 366 g/mol. The third-order valence-corrected chi connectivity index (χ3v) is 5.27. The molecule has 2 aliphatic heterocycles. The Morgan fingerprint density at radius 2 is 2.17 bits per heavy atom. The zero-order valence-electron chi connectivity index (χ0n) is 17.1. The van der Waals surface area contributed by atoms with Gasteiger partial charge in [-0.05, 0) is 36.2 Å². The van der Waals surface area contributed by atoms with Crippen molar-refractivity contribution in [3.05, 3.63) is 53.7 Å². The Morgan fingerprint density at radius 1 is 1.28 bits per heavy atom. The van der Waals surface area contributed by atoms with Crippen LogP contribution in [0.3, 0.4) is 0 Å². The fraction of sp³-hybridized carbons (Fsp3) is 0.455. The Labute approximate surface area is 172 Å². The van der Waals surface area contributed by atoms with Crippen LogP contribution < -0.4 is 20.3 Å². The lowest BCUT2D eigenvalue weighted by atomic mass is 10.1.